The Morgan fingerprint density at radius 2 is 2.05 bits per heavy atom. The second-order valence-corrected chi connectivity index (χ2v) is 5.17. The lowest BCUT2D eigenvalue weighted by Crippen LogP contribution is -2.44. The van der Waals surface area contributed by atoms with Crippen LogP contribution in [0.4, 0.5) is 0 Å². The zero-order chi connectivity index (χ0) is 14.8. The molecule has 2 N–H and O–H groups in total. The number of ether oxygens (including phenoxy) is 1. The van der Waals surface area contributed by atoms with Crippen molar-refractivity contribution in [2.75, 3.05) is 27.3 Å². The average molecular weight is 298 g/mol. The van der Waals surface area contributed by atoms with Crippen molar-refractivity contribution in [2.24, 2.45) is 4.99 Å². The van der Waals surface area contributed by atoms with Crippen LogP contribution >= 0.6 is 11.6 Å². The summed E-state index contributed by atoms with van der Waals surface area (Å²) in [7, 11) is 3.47. The highest BCUT2D eigenvalue weighted by Crippen LogP contribution is 2.10. The van der Waals surface area contributed by atoms with Crippen LogP contribution in [0.2, 0.25) is 5.02 Å². The van der Waals surface area contributed by atoms with Crippen LogP contribution in [0.25, 0.3) is 0 Å². The van der Waals surface area contributed by atoms with E-state index in [0.29, 0.717) is 6.61 Å². The predicted molar refractivity (Wildman–Crippen MR) is 85.6 cm³/mol. The van der Waals surface area contributed by atoms with Crippen molar-refractivity contribution in [3.05, 3.63) is 34.9 Å². The van der Waals surface area contributed by atoms with Gasteiger partial charge >= 0.3 is 0 Å². The SMILES string of the molecule is CN=C(NCCCc1ccc(Cl)cc1)NC(C)COC. The first-order chi connectivity index (χ1) is 9.65. The Labute approximate surface area is 126 Å². The summed E-state index contributed by atoms with van der Waals surface area (Å²) in [6.45, 7) is 3.59. The van der Waals surface area contributed by atoms with Gasteiger partial charge in [-0.15, -0.1) is 0 Å². The third-order valence-electron chi connectivity index (χ3n) is 2.87. The van der Waals surface area contributed by atoms with E-state index in [2.05, 4.69) is 34.7 Å². The van der Waals surface area contributed by atoms with Gasteiger partial charge in [0.2, 0.25) is 0 Å². The lowest BCUT2D eigenvalue weighted by atomic mass is 10.1. The topological polar surface area (TPSA) is 45.7 Å². The molecule has 0 aliphatic rings. The lowest BCUT2D eigenvalue weighted by Gasteiger charge is -2.17. The highest BCUT2D eigenvalue weighted by atomic mass is 35.5. The molecule has 20 heavy (non-hydrogen) atoms. The van der Waals surface area contributed by atoms with E-state index in [-0.39, 0.29) is 6.04 Å². The summed E-state index contributed by atoms with van der Waals surface area (Å²) >= 11 is 5.86. The molecule has 1 aromatic rings. The Bertz CT molecular complexity index is 406. The zero-order valence-electron chi connectivity index (χ0n) is 12.4. The molecule has 0 aliphatic heterocycles. The molecule has 0 radical (unpaired) electrons. The maximum atomic E-state index is 5.86. The monoisotopic (exact) mass is 297 g/mol. The number of aryl methyl sites for hydroxylation is 1. The molecule has 1 atom stereocenters. The van der Waals surface area contributed by atoms with Crippen LogP contribution in [-0.2, 0) is 11.2 Å². The molecular formula is C15H24ClN3O. The lowest BCUT2D eigenvalue weighted by molar-refractivity contribution is 0.179. The molecule has 0 spiro atoms. The predicted octanol–water partition coefficient (Wildman–Crippen LogP) is 2.47. The smallest absolute Gasteiger partial charge is 0.191 e. The van der Waals surface area contributed by atoms with Gasteiger partial charge in [0.15, 0.2) is 5.96 Å². The average Bonchev–Trinajstić information content (AvgIpc) is 2.44. The third-order valence-corrected chi connectivity index (χ3v) is 3.12. The molecule has 0 saturated heterocycles. The molecule has 0 bridgehead atoms. The Balaban J connectivity index is 2.23. The van der Waals surface area contributed by atoms with Gasteiger partial charge < -0.3 is 15.4 Å². The standard InChI is InChI=1S/C15H24ClN3O/c1-12(11-20-3)19-15(17-2)18-10-4-5-13-6-8-14(16)9-7-13/h6-9,12H,4-5,10-11H2,1-3H3,(H2,17,18,19). The Morgan fingerprint density at radius 3 is 2.65 bits per heavy atom. The first-order valence-electron chi connectivity index (χ1n) is 6.86. The van der Waals surface area contributed by atoms with Gasteiger partial charge in [0, 0.05) is 31.8 Å². The van der Waals surface area contributed by atoms with Crippen molar-refractivity contribution < 1.29 is 4.74 Å². The largest absolute Gasteiger partial charge is 0.383 e. The second-order valence-electron chi connectivity index (χ2n) is 4.73. The number of methoxy groups -OCH3 is 1. The number of hydrogen-bond donors (Lipinski definition) is 2. The van der Waals surface area contributed by atoms with Crippen molar-refractivity contribution >= 4 is 17.6 Å². The molecule has 1 aromatic carbocycles. The summed E-state index contributed by atoms with van der Waals surface area (Å²) in [5.41, 5.74) is 1.30. The van der Waals surface area contributed by atoms with Crippen molar-refractivity contribution in [1.82, 2.24) is 10.6 Å². The van der Waals surface area contributed by atoms with Crippen LogP contribution in [-0.4, -0.2) is 39.3 Å². The normalized spacial score (nSPS) is 13.1. The van der Waals surface area contributed by atoms with Crippen molar-refractivity contribution in [2.45, 2.75) is 25.8 Å². The van der Waals surface area contributed by atoms with Crippen LogP contribution in [0.1, 0.15) is 18.9 Å². The van der Waals surface area contributed by atoms with Gasteiger partial charge in [-0.3, -0.25) is 4.99 Å². The molecule has 0 aliphatic carbocycles. The van der Waals surface area contributed by atoms with E-state index in [4.69, 9.17) is 16.3 Å². The summed E-state index contributed by atoms with van der Waals surface area (Å²) in [5, 5.41) is 7.35. The fourth-order valence-electron chi connectivity index (χ4n) is 1.87. The van der Waals surface area contributed by atoms with Gasteiger partial charge in [-0.1, -0.05) is 23.7 Å². The molecule has 0 saturated carbocycles. The number of aliphatic imine (C=N–C) groups is 1. The first kappa shape index (κ1) is 16.8. The van der Waals surface area contributed by atoms with Crippen LogP contribution < -0.4 is 10.6 Å². The van der Waals surface area contributed by atoms with E-state index in [1.807, 2.05) is 12.1 Å². The van der Waals surface area contributed by atoms with Gasteiger partial charge in [0.25, 0.3) is 0 Å². The molecule has 0 amide bonds. The van der Waals surface area contributed by atoms with E-state index in [1.54, 1.807) is 14.2 Å². The van der Waals surface area contributed by atoms with E-state index < -0.39 is 0 Å². The number of nitrogens with one attached hydrogen (secondary N) is 2. The van der Waals surface area contributed by atoms with Crippen LogP contribution in [0.5, 0.6) is 0 Å². The number of nitrogens with zero attached hydrogens (tertiary/aromatic N) is 1. The fourth-order valence-corrected chi connectivity index (χ4v) is 2.00. The minimum absolute atomic E-state index is 0.238. The summed E-state index contributed by atoms with van der Waals surface area (Å²) in [6, 6.07) is 8.23. The Morgan fingerprint density at radius 1 is 1.35 bits per heavy atom. The number of benzene rings is 1. The number of hydrogen-bond acceptors (Lipinski definition) is 2. The molecule has 1 unspecified atom stereocenters. The van der Waals surface area contributed by atoms with Gasteiger partial charge in [-0.2, -0.15) is 0 Å². The maximum Gasteiger partial charge on any atom is 0.191 e. The molecule has 0 heterocycles. The van der Waals surface area contributed by atoms with Gasteiger partial charge in [0.1, 0.15) is 0 Å². The fraction of sp³-hybridized carbons (Fsp3) is 0.533. The minimum atomic E-state index is 0.238. The van der Waals surface area contributed by atoms with Crippen LogP contribution in [0.3, 0.4) is 0 Å². The summed E-state index contributed by atoms with van der Waals surface area (Å²) in [6.07, 6.45) is 2.07. The Hall–Kier alpha value is -1.26. The zero-order valence-corrected chi connectivity index (χ0v) is 13.2. The van der Waals surface area contributed by atoms with Crippen molar-refractivity contribution in [3.63, 3.8) is 0 Å². The van der Waals surface area contributed by atoms with Crippen molar-refractivity contribution in [1.29, 1.82) is 0 Å². The van der Waals surface area contributed by atoms with Crippen molar-refractivity contribution in [3.8, 4) is 0 Å². The summed E-state index contributed by atoms with van der Waals surface area (Å²) in [5.74, 6) is 0.811. The molecule has 4 nitrogen and oxygen atoms in total. The Kier molecular flexibility index (Phi) is 8.07. The molecular weight excluding hydrogens is 274 g/mol. The van der Waals surface area contributed by atoms with Gasteiger partial charge in [-0.25, -0.2) is 0 Å². The minimum Gasteiger partial charge on any atom is -0.383 e. The summed E-state index contributed by atoms with van der Waals surface area (Å²) < 4.78 is 5.09. The van der Waals surface area contributed by atoms with Gasteiger partial charge in [-0.05, 0) is 37.5 Å². The van der Waals surface area contributed by atoms with E-state index in [9.17, 15) is 0 Å². The molecule has 0 fully saturated rings. The highest BCUT2D eigenvalue weighted by molar-refractivity contribution is 6.30. The summed E-state index contributed by atoms with van der Waals surface area (Å²) in [4.78, 5) is 4.19. The van der Waals surface area contributed by atoms with E-state index in [0.717, 1.165) is 30.4 Å². The molecule has 1 rings (SSSR count). The van der Waals surface area contributed by atoms with E-state index in [1.165, 1.54) is 5.56 Å². The maximum absolute atomic E-state index is 5.86. The molecule has 112 valence electrons. The third kappa shape index (κ3) is 6.78. The first-order valence-corrected chi connectivity index (χ1v) is 7.24. The molecule has 5 heteroatoms. The number of halogens is 1. The molecule has 0 aromatic heterocycles. The van der Waals surface area contributed by atoms with Crippen LogP contribution in [0, 0.1) is 0 Å². The van der Waals surface area contributed by atoms with Gasteiger partial charge in [0.05, 0.1) is 6.61 Å². The highest BCUT2D eigenvalue weighted by Gasteiger charge is 2.03. The van der Waals surface area contributed by atoms with E-state index >= 15 is 0 Å². The second kappa shape index (κ2) is 9.61. The van der Waals surface area contributed by atoms with Crippen LogP contribution in [0.15, 0.2) is 29.3 Å². The number of rotatable bonds is 7. The quantitative estimate of drug-likeness (QED) is 0.462. The number of guanidine groups is 1.